The molecule has 9 heteroatoms. The monoisotopic (exact) mass is 409 g/mol. The number of fused-ring (bicyclic) bond motifs is 3. The zero-order valence-corrected chi connectivity index (χ0v) is 17.0. The first-order valence-corrected chi connectivity index (χ1v) is 9.93. The van der Waals surface area contributed by atoms with E-state index in [1.54, 1.807) is 38.4 Å². The number of azo groups is 1. The number of anilines is 1. The minimum absolute atomic E-state index is 0.0535. The van der Waals surface area contributed by atoms with Gasteiger partial charge in [0.05, 0.1) is 26.6 Å². The number of ketones is 2. The van der Waals surface area contributed by atoms with Crippen LogP contribution in [0.15, 0.2) is 46.1 Å². The number of hydrazine groups is 1. The summed E-state index contributed by atoms with van der Waals surface area (Å²) in [5.41, 5.74) is 5.15. The molecular formula is C20H19N5O3S. The Morgan fingerprint density at radius 1 is 1.21 bits per heavy atom. The predicted molar refractivity (Wildman–Crippen MR) is 110 cm³/mol. The number of rotatable bonds is 5. The van der Waals surface area contributed by atoms with Crippen LogP contribution in [0.3, 0.4) is 0 Å². The third-order valence-corrected chi connectivity index (χ3v) is 5.81. The number of carbonyl (C=O) groups is 3. The van der Waals surface area contributed by atoms with E-state index in [0.717, 1.165) is 4.88 Å². The van der Waals surface area contributed by atoms with Gasteiger partial charge in [-0.2, -0.15) is 10.2 Å². The van der Waals surface area contributed by atoms with Gasteiger partial charge in [0.25, 0.3) is 0 Å². The lowest BCUT2D eigenvalue weighted by Gasteiger charge is -2.14. The second-order valence-electron chi connectivity index (χ2n) is 6.88. The number of benzene rings is 1. The summed E-state index contributed by atoms with van der Waals surface area (Å²) in [6, 6.07) is 7.92. The fourth-order valence-corrected chi connectivity index (χ4v) is 4.44. The molecule has 0 bridgehead atoms. The molecule has 1 atom stereocenters. The van der Waals surface area contributed by atoms with E-state index in [2.05, 4.69) is 21.0 Å². The van der Waals surface area contributed by atoms with Gasteiger partial charge < -0.3 is 5.32 Å². The van der Waals surface area contributed by atoms with E-state index < -0.39 is 12.1 Å². The van der Waals surface area contributed by atoms with Crippen molar-refractivity contribution in [2.45, 2.75) is 19.4 Å². The van der Waals surface area contributed by atoms with Gasteiger partial charge in [-0.1, -0.05) is 19.1 Å². The molecule has 1 aromatic carbocycles. The highest BCUT2D eigenvalue weighted by Crippen LogP contribution is 2.49. The predicted octanol–water partition coefficient (Wildman–Crippen LogP) is 4.05. The van der Waals surface area contributed by atoms with Crippen LogP contribution in [-0.4, -0.2) is 36.7 Å². The second-order valence-corrected chi connectivity index (χ2v) is 7.96. The van der Waals surface area contributed by atoms with E-state index in [1.165, 1.54) is 16.3 Å². The van der Waals surface area contributed by atoms with Gasteiger partial charge in [0.1, 0.15) is 11.7 Å². The molecule has 1 aliphatic heterocycles. The highest BCUT2D eigenvalue weighted by atomic mass is 32.1. The number of Topliss-reactive ketones (excluding diaryl/α,β-unsaturated/α-hetero) is 2. The average Bonchev–Trinajstić information content (AvgIpc) is 3.37. The van der Waals surface area contributed by atoms with Crippen molar-refractivity contribution in [3.8, 4) is 0 Å². The van der Waals surface area contributed by atoms with Crippen molar-refractivity contribution in [1.29, 1.82) is 0 Å². The molecule has 2 heterocycles. The first-order chi connectivity index (χ1) is 13.9. The normalized spacial score (nSPS) is 17.0. The first kappa shape index (κ1) is 19.2. The third-order valence-electron chi connectivity index (χ3n) is 4.67. The molecule has 1 unspecified atom stereocenters. The number of thiophene rings is 1. The van der Waals surface area contributed by atoms with Crippen LogP contribution >= 0.6 is 11.3 Å². The van der Waals surface area contributed by atoms with Gasteiger partial charge in [0, 0.05) is 20.5 Å². The van der Waals surface area contributed by atoms with E-state index in [9.17, 15) is 14.4 Å². The summed E-state index contributed by atoms with van der Waals surface area (Å²) in [6.07, 6.45) is 0.421. The minimum Gasteiger partial charge on any atom is -0.306 e. The lowest BCUT2D eigenvalue weighted by molar-refractivity contribution is 0.0990. The fourth-order valence-electron chi connectivity index (χ4n) is 3.42. The molecule has 0 saturated carbocycles. The maximum absolute atomic E-state index is 13.3. The molecule has 1 aliphatic carbocycles. The summed E-state index contributed by atoms with van der Waals surface area (Å²) in [4.78, 5) is 38.7. The highest BCUT2D eigenvalue weighted by Gasteiger charge is 2.42. The third kappa shape index (κ3) is 3.28. The largest absolute Gasteiger partial charge is 0.333 e. The minimum atomic E-state index is -0.487. The van der Waals surface area contributed by atoms with Crippen molar-refractivity contribution >= 4 is 40.3 Å². The molecule has 0 spiro atoms. The van der Waals surface area contributed by atoms with Crippen LogP contribution in [0.4, 0.5) is 10.5 Å². The van der Waals surface area contributed by atoms with E-state index in [0.29, 0.717) is 39.4 Å². The number of carbonyl (C=O) groups excluding carboxylic acids is 3. The summed E-state index contributed by atoms with van der Waals surface area (Å²) in [5.74, 6) is -0.153. The van der Waals surface area contributed by atoms with Gasteiger partial charge >= 0.3 is 6.03 Å². The Morgan fingerprint density at radius 3 is 2.72 bits per heavy atom. The zero-order chi connectivity index (χ0) is 20.7. The number of nitrogens with zero attached hydrogens (tertiary/aromatic N) is 3. The Balaban J connectivity index is 1.71. The molecule has 2 amide bonds. The maximum atomic E-state index is 13.3. The lowest BCUT2D eigenvalue weighted by atomic mass is 10.1. The van der Waals surface area contributed by atoms with Gasteiger partial charge in [-0.25, -0.2) is 9.80 Å². The lowest BCUT2D eigenvalue weighted by Crippen LogP contribution is -2.39. The molecule has 0 saturated heterocycles. The summed E-state index contributed by atoms with van der Waals surface area (Å²) < 4.78 is 0. The number of urea groups is 1. The number of amides is 2. The fraction of sp³-hybridized carbons (Fsp3) is 0.250. The van der Waals surface area contributed by atoms with Crippen molar-refractivity contribution in [2.75, 3.05) is 19.4 Å². The smallest absolute Gasteiger partial charge is 0.306 e. The average molecular weight is 409 g/mol. The summed E-state index contributed by atoms with van der Waals surface area (Å²) in [6.45, 7) is 1.81. The number of hydrogen-bond donors (Lipinski definition) is 2. The Morgan fingerprint density at radius 2 is 2.00 bits per heavy atom. The highest BCUT2D eigenvalue weighted by molar-refractivity contribution is 7.15. The number of nitrogens with one attached hydrogen (secondary N) is 2. The zero-order valence-electron chi connectivity index (χ0n) is 16.1. The van der Waals surface area contributed by atoms with Crippen molar-refractivity contribution in [3.05, 3.63) is 56.8 Å². The Kier molecular flexibility index (Phi) is 4.85. The van der Waals surface area contributed by atoms with Crippen molar-refractivity contribution < 1.29 is 14.4 Å². The van der Waals surface area contributed by atoms with Crippen LogP contribution in [0, 0.1) is 0 Å². The molecule has 0 fully saturated rings. The summed E-state index contributed by atoms with van der Waals surface area (Å²) in [7, 11) is 3.39. The summed E-state index contributed by atoms with van der Waals surface area (Å²) >= 11 is 1.32. The molecule has 4 rings (SSSR count). The molecular weight excluding hydrogens is 390 g/mol. The van der Waals surface area contributed by atoms with Crippen LogP contribution in [0.2, 0.25) is 0 Å². The van der Waals surface area contributed by atoms with Crippen LogP contribution in [-0.2, 0) is 0 Å². The summed E-state index contributed by atoms with van der Waals surface area (Å²) in [5, 5.41) is 12.8. The van der Waals surface area contributed by atoms with Crippen molar-refractivity contribution in [2.24, 2.45) is 10.2 Å². The molecule has 2 aliphatic rings. The van der Waals surface area contributed by atoms with Crippen molar-refractivity contribution in [1.82, 2.24) is 10.4 Å². The molecule has 8 nitrogen and oxygen atoms in total. The molecule has 1 aromatic heterocycles. The van der Waals surface area contributed by atoms with Gasteiger partial charge in [-0.05, 0) is 23.8 Å². The van der Waals surface area contributed by atoms with Crippen molar-refractivity contribution in [3.63, 3.8) is 0 Å². The van der Waals surface area contributed by atoms with Gasteiger partial charge in [0.15, 0.2) is 11.6 Å². The molecule has 0 radical (unpaired) electrons. The van der Waals surface area contributed by atoms with Crippen LogP contribution in [0.25, 0.3) is 5.70 Å². The van der Waals surface area contributed by atoms with E-state index in [4.69, 9.17) is 0 Å². The van der Waals surface area contributed by atoms with Crippen LogP contribution in [0.5, 0.6) is 0 Å². The topological polar surface area (TPSA) is 103 Å². The van der Waals surface area contributed by atoms with Crippen LogP contribution < -0.4 is 10.7 Å². The molecule has 29 heavy (non-hydrogen) atoms. The molecule has 148 valence electrons. The number of hydrogen-bond acceptors (Lipinski definition) is 7. The van der Waals surface area contributed by atoms with E-state index in [-0.39, 0.29) is 11.6 Å². The second kappa shape index (κ2) is 7.34. The quantitative estimate of drug-likeness (QED) is 0.574. The standard InChI is InChI=1S/C20H19N5O3S/c1-4-12(26)13-8-9-14(29-13)18-16-17(22-23-18)10-6-5-7-11(15(10)19(16)27)21-20(28)24-25(2)3/h5-9,17H,4H2,1-3H3,(H2,21,24,28). The van der Waals surface area contributed by atoms with Crippen LogP contribution in [0.1, 0.15) is 49.9 Å². The SMILES string of the molecule is CCC(=O)c1ccc(C2=C3C(=O)c4c(NC(=O)NN(C)C)cccc4C3N=N2)s1. The first-order valence-electron chi connectivity index (χ1n) is 9.11. The van der Waals surface area contributed by atoms with E-state index in [1.807, 2.05) is 13.0 Å². The molecule has 2 aromatic rings. The van der Waals surface area contributed by atoms with Gasteiger partial charge in [-0.15, -0.1) is 11.3 Å². The Labute approximate surface area is 171 Å². The van der Waals surface area contributed by atoms with Gasteiger partial charge in [0.2, 0.25) is 0 Å². The Bertz CT molecular complexity index is 1100. The van der Waals surface area contributed by atoms with Gasteiger partial charge in [-0.3, -0.25) is 15.0 Å². The maximum Gasteiger partial charge on any atom is 0.333 e. The Hall–Kier alpha value is -3.17. The molecule has 2 N–H and O–H groups in total. The van der Waals surface area contributed by atoms with E-state index >= 15 is 0 Å².